The van der Waals surface area contributed by atoms with E-state index in [2.05, 4.69) is 274 Å². The molecule has 0 aromatic heterocycles. The monoisotopic (exact) mass is 1100 g/mol. The predicted molar refractivity (Wildman–Crippen MR) is 360 cm³/mol. The lowest BCUT2D eigenvalue weighted by atomic mass is 9.33. The van der Waals surface area contributed by atoms with Crippen LogP contribution in [-0.4, -0.2) is 12.3 Å². The number of rotatable bonds is 4. The van der Waals surface area contributed by atoms with Crippen molar-refractivity contribution in [1.82, 2.24) is 0 Å². The summed E-state index contributed by atoms with van der Waals surface area (Å²) in [6.45, 7) is 46.8. The second-order valence-corrected chi connectivity index (χ2v) is 33.1. The fourth-order valence-corrected chi connectivity index (χ4v) is 16.7. The van der Waals surface area contributed by atoms with Gasteiger partial charge in [0.15, 0.2) is 0 Å². The third kappa shape index (κ3) is 8.52. The first-order chi connectivity index (χ1) is 38.8. The molecule has 3 nitrogen and oxygen atoms in total. The summed E-state index contributed by atoms with van der Waals surface area (Å²) >= 11 is 0. The molecule has 2 atom stereocenters. The molecule has 83 heavy (non-hydrogen) atoms. The number of fused-ring (bicyclic) bond motifs is 9. The van der Waals surface area contributed by atoms with Gasteiger partial charge in [-0.2, -0.15) is 0 Å². The standard InChI is InChI=1S/C79H96BN3/c1-71(2,3)51-28-34-64(56(42-51)50-26-22-20-23-27-50)82-66-47-55(83-65-35-29-52(72(4,5)6)43-61(65)78(18)36-24-21-25-37-79(78,83)19)31-33-62(66)80-63-48-59-60(77(16,17)41-40-76(59,14)15)49-67(63)81(68-44-53(73(7,8)9)45-69(82)70(68)80)54-30-32-57-58(46-54)75(12,13)39-38-74(57,10)11/h20,22-23,26-35,42-49H,21,24-25,36-41H2,1-19H3. The van der Waals surface area contributed by atoms with Crippen molar-refractivity contribution in [3.63, 3.8) is 0 Å². The molecule has 1 saturated carbocycles. The molecule has 6 aliphatic rings. The SMILES string of the molecule is CC(C)(C)c1ccc(N2c3cc(N4c5ccc(C(C)(C)C)cc5C5(C)CCCCCC45C)ccc3B3c4cc5c(cc4N(c4ccc6c(c4)C(C)(C)CCC6(C)C)c4cc(C(C)(C)C)cc2c43)C(C)(C)CCC5(C)C)c(-c2ccccc2)c1. The Balaban J connectivity index is 1.16. The van der Waals surface area contributed by atoms with Gasteiger partial charge in [-0.05, 0) is 210 Å². The maximum Gasteiger partial charge on any atom is 0.252 e. The summed E-state index contributed by atoms with van der Waals surface area (Å²) in [6.07, 6.45) is 10.8. The molecular weight excluding hydrogens is 1000 g/mol. The van der Waals surface area contributed by atoms with E-state index in [1.807, 2.05) is 0 Å². The fourth-order valence-electron chi connectivity index (χ4n) is 16.7. The van der Waals surface area contributed by atoms with E-state index in [-0.39, 0.29) is 55.6 Å². The summed E-state index contributed by atoms with van der Waals surface area (Å²) in [7, 11) is 0. The zero-order valence-corrected chi connectivity index (χ0v) is 54.4. The maximum atomic E-state index is 2.85. The molecule has 1 fully saturated rings. The molecule has 0 bridgehead atoms. The van der Waals surface area contributed by atoms with Crippen LogP contribution in [0.4, 0.5) is 45.5 Å². The quantitative estimate of drug-likeness (QED) is 0.163. The number of anilines is 8. The third-order valence-corrected chi connectivity index (χ3v) is 22.7. The van der Waals surface area contributed by atoms with Crippen LogP contribution in [0.25, 0.3) is 11.1 Å². The minimum Gasteiger partial charge on any atom is -0.334 e. The number of hydrogen-bond donors (Lipinski definition) is 0. The second-order valence-electron chi connectivity index (χ2n) is 33.1. The molecule has 0 spiro atoms. The average molecular weight is 1100 g/mol. The van der Waals surface area contributed by atoms with Gasteiger partial charge in [0.25, 0.3) is 6.71 Å². The van der Waals surface area contributed by atoms with Crippen LogP contribution in [0.2, 0.25) is 0 Å². The highest BCUT2D eigenvalue weighted by Crippen LogP contribution is 2.62. The lowest BCUT2D eigenvalue weighted by Crippen LogP contribution is -2.62. The molecular formula is C79H96BN3. The van der Waals surface area contributed by atoms with Gasteiger partial charge in [0.2, 0.25) is 0 Å². The highest BCUT2D eigenvalue weighted by Gasteiger charge is 2.58. The Morgan fingerprint density at radius 2 is 0.892 bits per heavy atom. The molecule has 3 aliphatic heterocycles. The Bertz CT molecular complexity index is 3790. The Labute approximate surface area is 501 Å². The van der Waals surface area contributed by atoms with Gasteiger partial charge in [-0.3, -0.25) is 0 Å². The topological polar surface area (TPSA) is 9.72 Å². The average Bonchev–Trinajstić information content (AvgIpc) is 1.73. The van der Waals surface area contributed by atoms with Gasteiger partial charge in [-0.1, -0.05) is 211 Å². The molecule has 4 heteroatoms. The van der Waals surface area contributed by atoms with E-state index in [0.717, 1.165) is 6.42 Å². The molecule has 430 valence electrons. The molecule has 0 saturated heterocycles. The Morgan fingerprint density at radius 3 is 1.52 bits per heavy atom. The normalized spacial score (nSPS) is 22.6. The van der Waals surface area contributed by atoms with E-state index in [1.165, 1.54) is 169 Å². The van der Waals surface area contributed by atoms with Crippen molar-refractivity contribution in [2.75, 3.05) is 14.7 Å². The van der Waals surface area contributed by atoms with E-state index in [1.54, 1.807) is 0 Å². The molecule has 3 heterocycles. The van der Waals surface area contributed by atoms with Gasteiger partial charge >= 0.3 is 0 Å². The largest absolute Gasteiger partial charge is 0.334 e. The summed E-state index contributed by atoms with van der Waals surface area (Å²) in [5, 5.41) is 0. The highest BCUT2D eigenvalue weighted by molar-refractivity contribution is 7.00. The van der Waals surface area contributed by atoms with Crippen LogP contribution < -0.4 is 31.1 Å². The van der Waals surface area contributed by atoms with Crippen LogP contribution in [0.5, 0.6) is 0 Å². The molecule has 7 aromatic carbocycles. The molecule has 3 aliphatic carbocycles. The first kappa shape index (κ1) is 56.2. The Hall–Kier alpha value is -6.00. The van der Waals surface area contributed by atoms with Crippen molar-refractivity contribution in [2.24, 2.45) is 0 Å². The lowest BCUT2D eigenvalue weighted by molar-refractivity contribution is 0.261. The zero-order chi connectivity index (χ0) is 59.1. The molecule has 0 amide bonds. The number of nitrogens with zero attached hydrogens (tertiary/aromatic N) is 3. The summed E-state index contributed by atoms with van der Waals surface area (Å²) < 4.78 is 0. The number of benzene rings is 7. The van der Waals surface area contributed by atoms with Gasteiger partial charge in [-0.15, -0.1) is 0 Å². The van der Waals surface area contributed by atoms with Crippen LogP contribution in [0.15, 0.2) is 127 Å². The first-order valence-corrected chi connectivity index (χ1v) is 32.2. The van der Waals surface area contributed by atoms with E-state index >= 15 is 0 Å². The molecule has 7 aromatic rings. The lowest BCUT2D eigenvalue weighted by Gasteiger charge is -2.49. The van der Waals surface area contributed by atoms with Crippen molar-refractivity contribution in [3.8, 4) is 11.1 Å². The van der Waals surface area contributed by atoms with E-state index in [9.17, 15) is 0 Å². The summed E-state index contributed by atoms with van der Waals surface area (Å²) in [5.74, 6) is 0. The molecule has 0 N–H and O–H groups in total. The van der Waals surface area contributed by atoms with Gasteiger partial charge in [0.1, 0.15) is 0 Å². The Kier molecular flexibility index (Phi) is 12.4. The second kappa shape index (κ2) is 18.3. The Morgan fingerprint density at radius 1 is 0.361 bits per heavy atom. The van der Waals surface area contributed by atoms with Crippen molar-refractivity contribution in [2.45, 2.75) is 238 Å². The van der Waals surface area contributed by atoms with Crippen LogP contribution in [0.3, 0.4) is 0 Å². The van der Waals surface area contributed by atoms with Gasteiger partial charge in [0, 0.05) is 50.8 Å². The fraction of sp³-hybridized carbons (Fsp3) is 0.468. The van der Waals surface area contributed by atoms with Crippen LogP contribution >= 0.6 is 0 Å². The molecule has 0 radical (unpaired) electrons. The van der Waals surface area contributed by atoms with E-state index < -0.39 is 0 Å². The van der Waals surface area contributed by atoms with Crippen molar-refractivity contribution in [3.05, 3.63) is 172 Å². The smallest absolute Gasteiger partial charge is 0.252 e. The first-order valence-electron chi connectivity index (χ1n) is 32.2. The summed E-state index contributed by atoms with van der Waals surface area (Å²) in [4.78, 5) is 8.37. The summed E-state index contributed by atoms with van der Waals surface area (Å²) in [6, 6.07) is 52.5. The maximum absolute atomic E-state index is 2.85. The third-order valence-electron chi connectivity index (χ3n) is 22.7. The highest BCUT2D eigenvalue weighted by atomic mass is 15.3. The molecule has 13 rings (SSSR count). The van der Waals surface area contributed by atoms with E-state index in [0.29, 0.717) is 0 Å². The van der Waals surface area contributed by atoms with Crippen LogP contribution in [0.1, 0.15) is 234 Å². The summed E-state index contributed by atoms with van der Waals surface area (Å²) in [5.41, 5.74) is 28.7. The van der Waals surface area contributed by atoms with Crippen molar-refractivity contribution < 1.29 is 0 Å². The van der Waals surface area contributed by atoms with Crippen LogP contribution in [-0.2, 0) is 43.3 Å². The minimum atomic E-state index is -0.160. The molecule has 2 unspecified atom stereocenters. The van der Waals surface area contributed by atoms with Gasteiger partial charge < -0.3 is 14.7 Å². The van der Waals surface area contributed by atoms with E-state index in [4.69, 9.17) is 0 Å². The van der Waals surface area contributed by atoms with Gasteiger partial charge in [0.05, 0.1) is 11.2 Å². The van der Waals surface area contributed by atoms with Gasteiger partial charge in [-0.25, -0.2) is 0 Å². The minimum absolute atomic E-state index is 0.0187. The zero-order valence-electron chi connectivity index (χ0n) is 54.4. The predicted octanol–water partition coefficient (Wildman–Crippen LogP) is 20.2. The van der Waals surface area contributed by atoms with Crippen LogP contribution in [0, 0.1) is 0 Å². The van der Waals surface area contributed by atoms with Crippen molar-refractivity contribution in [1.29, 1.82) is 0 Å². The number of hydrogen-bond acceptors (Lipinski definition) is 3. The van der Waals surface area contributed by atoms with Crippen molar-refractivity contribution >= 4 is 68.6 Å².